The van der Waals surface area contributed by atoms with Crippen molar-refractivity contribution in [3.63, 3.8) is 0 Å². The third-order valence-corrected chi connectivity index (χ3v) is 3.73. The molecular weight excluding hydrogens is 202 g/mol. The van der Waals surface area contributed by atoms with Gasteiger partial charge in [-0.05, 0) is 38.6 Å². The lowest BCUT2D eigenvalue weighted by Gasteiger charge is -2.39. The lowest BCUT2D eigenvalue weighted by molar-refractivity contribution is 0.0192. The fraction of sp³-hybridized carbons (Fsp3) is 1.00. The molecule has 0 saturated heterocycles. The van der Waals surface area contributed by atoms with E-state index < -0.39 is 0 Å². The summed E-state index contributed by atoms with van der Waals surface area (Å²) < 4.78 is 5.41. The number of likely N-dealkylation sites (N-methyl/N-ethyl adjacent to an activating group) is 1. The quantitative estimate of drug-likeness (QED) is 0.706. The maximum atomic E-state index is 9.76. The number of aliphatic hydroxyl groups excluding tert-OH is 1. The molecular formula is C13H27NO2. The van der Waals surface area contributed by atoms with E-state index in [4.69, 9.17) is 4.74 Å². The van der Waals surface area contributed by atoms with Crippen molar-refractivity contribution in [2.75, 3.05) is 26.3 Å². The fourth-order valence-corrected chi connectivity index (χ4v) is 2.67. The van der Waals surface area contributed by atoms with Gasteiger partial charge in [0.25, 0.3) is 0 Å². The second-order valence-electron chi connectivity index (χ2n) is 4.84. The van der Waals surface area contributed by atoms with E-state index in [-0.39, 0.29) is 6.10 Å². The molecule has 3 nitrogen and oxygen atoms in total. The highest BCUT2D eigenvalue weighted by molar-refractivity contribution is 4.84. The lowest BCUT2D eigenvalue weighted by Crippen LogP contribution is -2.46. The van der Waals surface area contributed by atoms with Gasteiger partial charge in [0.05, 0.1) is 12.7 Å². The predicted molar refractivity (Wildman–Crippen MR) is 66.5 cm³/mol. The summed E-state index contributed by atoms with van der Waals surface area (Å²) in [5, 5.41) is 9.76. The van der Waals surface area contributed by atoms with Gasteiger partial charge in [-0.3, -0.25) is 4.90 Å². The maximum absolute atomic E-state index is 9.76. The van der Waals surface area contributed by atoms with Crippen molar-refractivity contribution in [1.82, 2.24) is 4.90 Å². The van der Waals surface area contributed by atoms with Crippen molar-refractivity contribution in [2.24, 2.45) is 5.92 Å². The summed E-state index contributed by atoms with van der Waals surface area (Å²) >= 11 is 0. The summed E-state index contributed by atoms with van der Waals surface area (Å²) in [5.41, 5.74) is 0. The zero-order chi connectivity index (χ0) is 12.0. The first-order chi connectivity index (χ1) is 7.69. The van der Waals surface area contributed by atoms with E-state index in [1.165, 1.54) is 0 Å². The minimum atomic E-state index is -0.0951. The molecule has 1 N–H and O–H groups in total. The first-order valence-corrected chi connectivity index (χ1v) is 6.68. The van der Waals surface area contributed by atoms with Crippen LogP contribution in [0.5, 0.6) is 0 Å². The van der Waals surface area contributed by atoms with Gasteiger partial charge in [-0.25, -0.2) is 0 Å². The van der Waals surface area contributed by atoms with Crippen molar-refractivity contribution >= 4 is 0 Å². The largest absolute Gasteiger partial charge is 0.393 e. The Morgan fingerprint density at radius 3 is 2.69 bits per heavy atom. The van der Waals surface area contributed by atoms with Gasteiger partial charge < -0.3 is 9.84 Å². The summed E-state index contributed by atoms with van der Waals surface area (Å²) in [4.78, 5) is 2.46. The van der Waals surface area contributed by atoms with E-state index in [0.717, 1.165) is 45.6 Å². The highest BCUT2D eigenvalue weighted by atomic mass is 16.5. The van der Waals surface area contributed by atoms with Crippen LogP contribution in [0.1, 0.15) is 40.0 Å². The number of nitrogens with zero attached hydrogens (tertiary/aromatic N) is 1. The highest BCUT2D eigenvalue weighted by Gasteiger charge is 2.30. The molecule has 3 heteroatoms. The molecule has 0 aliphatic heterocycles. The Labute approximate surface area is 99.8 Å². The van der Waals surface area contributed by atoms with Crippen molar-refractivity contribution in [3.8, 4) is 0 Å². The summed E-state index contributed by atoms with van der Waals surface area (Å²) in [6.07, 6.45) is 2.96. The Hall–Kier alpha value is -0.120. The van der Waals surface area contributed by atoms with Gasteiger partial charge in [0.2, 0.25) is 0 Å². The summed E-state index contributed by atoms with van der Waals surface area (Å²) in [5.74, 6) is 0.699. The molecule has 3 unspecified atom stereocenters. The first kappa shape index (κ1) is 13.9. The normalized spacial score (nSPS) is 30.9. The van der Waals surface area contributed by atoms with E-state index in [9.17, 15) is 5.11 Å². The van der Waals surface area contributed by atoms with E-state index in [2.05, 4.69) is 18.7 Å². The third-order valence-electron chi connectivity index (χ3n) is 3.73. The van der Waals surface area contributed by atoms with Crippen LogP contribution in [0.4, 0.5) is 0 Å². The van der Waals surface area contributed by atoms with Gasteiger partial charge in [-0.2, -0.15) is 0 Å². The molecule has 16 heavy (non-hydrogen) atoms. The van der Waals surface area contributed by atoms with Crippen LogP contribution in [-0.4, -0.2) is 48.5 Å². The molecule has 1 aliphatic carbocycles. The summed E-state index contributed by atoms with van der Waals surface area (Å²) in [6, 6.07) is 0.536. The molecule has 0 amide bonds. The van der Waals surface area contributed by atoms with Crippen molar-refractivity contribution in [3.05, 3.63) is 0 Å². The highest BCUT2D eigenvalue weighted by Crippen LogP contribution is 2.28. The first-order valence-electron chi connectivity index (χ1n) is 6.68. The Morgan fingerprint density at radius 2 is 2.06 bits per heavy atom. The van der Waals surface area contributed by atoms with Crippen LogP contribution in [0.25, 0.3) is 0 Å². The van der Waals surface area contributed by atoms with Gasteiger partial charge in [0.1, 0.15) is 0 Å². The molecule has 3 atom stereocenters. The van der Waals surface area contributed by atoms with Crippen molar-refractivity contribution in [1.29, 1.82) is 0 Å². The van der Waals surface area contributed by atoms with Gasteiger partial charge in [-0.1, -0.05) is 13.8 Å². The standard InChI is InChI=1S/C13H27NO2/c1-4-14(8-9-16-5-2)13-10-12(15)7-6-11(13)3/h11-13,15H,4-10H2,1-3H3. The minimum absolute atomic E-state index is 0.0951. The topological polar surface area (TPSA) is 32.7 Å². The number of hydrogen-bond donors (Lipinski definition) is 1. The van der Waals surface area contributed by atoms with E-state index in [1.54, 1.807) is 0 Å². The number of aliphatic hydroxyl groups is 1. The molecule has 1 fully saturated rings. The van der Waals surface area contributed by atoms with Crippen LogP contribution in [0, 0.1) is 5.92 Å². The molecule has 0 aromatic rings. The van der Waals surface area contributed by atoms with Crippen LogP contribution in [0.15, 0.2) is 0 Å². The molecule has 0 spiro atoms. The van der Waals surface area contributed by atoms with Gasteiger partial charge in [-0.15, -0.1) is 0 Å². The zero-order valence-electron chi connectivity index (χ0n) is 11.0. The van der Waals surface area contributed by atoms with E-state index in [1.807, 2.05) is 6.92 Å². The van der Waals surface area contributed by atoms with Crippen molar-refractivity contribution in [2.45, 2.75) is 52.2 Å². The van der Waals surface area contributed by atoms with Gasteiger partial charge in [0.15, 0.2) is 0 Å². The third kappa shape index (κ3) is 4.04. The Balaban J connectivity index is 2.42. The van der Waals surface area contributed by atoms with Crippen LogP contribution < -0.4 is 0 Å². The predicted octanol–water partition coefficient (Wildman–Crippen LogP) is 1.89. The van der Waals surface area contributed by atoms with Gasteiger partial charge >= 0.3 is 0 Å². The number of ether oxygens (including phenoxy) is 1. The molecule has 96 valence electrons. The van der Waals surface area contributed by atoms with Crippen LogP contribution in [0.2, 0.25) is 0 Å². The Morgan fingerprint density at radius 1 is 1.31 bits per heavy atom. The minimum Gasteiger partial charge on any atom is -0.393 e. The molecule has 1 rings (SSSR count). The fourth-order valence-electron chi connectivity index (χ4n) is 2.67. The van der Waals surface area contributed by atoms with Crippen LogP contribution >= 0.6 is 0 Å². The average molecular weight is 229 g/mol. The molecule has 0 aromatic carbocycles. The average Bonchev–Trinajstić information content (AvgIpc) is 2.28. The molecule has 0 radical (unpaired) electrons. The Bertz CT molecular complexity index is 187. The number of rotatable bonds is 6. The van der Waals surface area contributed by atoms with Crippen LogP contribution in [0.3, 0.4) is 0 Å². The summed E-state index contributed by atoms with van der Waals surface area (Å²) in [6.45, 7) is 10.2. The molecule has 1 aliphatic rings. The summed E-state index contributed by atoms with van der Waals surface area (Å²) in [7, 11) is 0. The molecule has 0 bridgehead atoms. The molecule has 1 saturated carbocycles. The van der Waals surface area contributed by atoms with Crippen molar-refractivity contribution < 1.29 is 9.84 Å². The smallest absolute Gasteiger partial charge is 0.0593 e. The second-order valence-corrected chi connectivity index (χ2v) is 4.84. The second kappa shape index (κ2) is 7.25. The van der Waals surface area contributed by atoms with Gasteiger partial charge in [0, 0.05) is 19.2 Å². The number of hydrogen-bond acceptors (Lipinski definition) is 3. The zero-order valence-corrected chi connectivity index (χ0v) is 11.0. The Kier molecular flexibility index (Phi) is 6.32. The maximum Gasteiger partial charge on any atom is 0.0593 e. The monoisotopic (exact) mass is 229 g/mol. The van der Waals surface area contributed by atoms with E-state index >= 15 is 0 Å². The van der Waals surface area contributed by atoms with E-state index in [0.29, 0.717) is 12.0 Å². The lowest BCUT2D eigenvalue weighted by atomic mass is 9.83. The van der Waals surface area contributed by atoms with Crippen LogP contribution in [-0.2, 0) is 4.74 Å². The molecule has 0 aromatic heterocycles. The molecule has 0 heterocycles. The SMILES string of the molecule is CCOCCN(CC)C1CC(O)CCC1C.